The van der Waals surface area contributed by atoms with Crippen LogP contribution in [-0.4, -0.2) is 54.9 Å². The molecular formula is C18H24F2N2O4. The SMILES string of the molecule is NCC(=O)N1CC(c2ccc(OC(F)F)c(OCC3CC3)c2)C[C@H]1CO. The first-order valence-corrected chi connectivity index (χ1v) is 8.83. The van der Waals surface area contributed by atoms with E-state index in [1.54, 1.807) is 17.0 Å². The average molecular weight is 370 g/mol. The van der Waals surface area contributed by atoms with Crippen molar-refractivity contribution in [3.05, 3.63) is 23.8 Å². The Hall–Kier alpha value is -1.93. The van der Waals surface area contributed by atoms with Crippen LogP contribution in [0.4, 0.5) is 8.78 Å². The second kappa shape index (κ2) is 8.18. The van der Waals surface area contributed by atoms with E-state index in [-0.39, 0.29) is 36.8 Å². The number of halogens is 2. The van der Waals surface area contributed by atoms with Gasteiger partial charge in [0, 0.05) is 12.5 Å². The predicted molar refractivity (Wildman–Crippen MR) is 90.3 cm³/mol. The first kappa shape index (κ1) is 18.8. The van der Waals surface area contributed by atoms with Crippen LogP contribution in [0.15, 0.2) is 18.2 Å². The minimum atomic E-state index is -2.92. The maximum Gasteiger partial charge on any atom is 0.387 e. The summed E-state index contributed by atoms with van der Waals surface area (Å²) in [6.07, 6.45) is 2.75. The van der Waals surface area contributed by atoms with E-state index in [0.29, 0.717) is 31.2 Å². The molecule has 0 bridgehead atoms. The molecule has 1 heterocycles. The minimum absolute atomic E-state index is 0.0102. The van der Waals surface area contributed by atoms with Crippen molar-refractivity contribution in [1.29, 1.82) is 0 Å². The van der Waals surface area contributed by atoms with E-state index in [1.807, 2.05) is 0 Å². The van der Waals surface area contributed by atoms with Gasteiger partial charge in [-0.1, -0.05) is 6.07 Å². The number of ether oxygens (including phenoxy) is 2. The van der Waals surface area contributed by atoms with Crippen molar-refractivity contribution in [3.8, 4) is 11.5 Å². The third kappa shape index (κ3) is 4.42. The number of amides is 1. The third-order valence-electron chi connectivity index (χ3n) is 4.95. The Morgan fingerprint density at radius 2 is 2.12 bits per heavy atom. The Bertz CT molecular complexity index is 640. The second-order valence-corrected chi connectivity index (χ2v) is 6.86. The van der Waals surface area contributed by atoms with Crippen molar-refractivity contribution >= 4 is 5.91 Å². The Morgan fingerprint density at radius 1 is 1.35 bits per heavy atom. The number of likely N-dealkylation sites (tertiary alicyclic amines) is 1. The Morgan fingerprint density at radius 3 is 2.73 bits per heavy atom. The third-order valence-corrected chi connectivity index (χ3v) is 4.95. The first-order valence-electron chi connectivity index (χ1n) is 8.83. The van der Waals surface area contributed by atoms with Gasteiger partial charge in [0.25, 0.3) is 0 Å². The predicted octanol–water partition coefficient (Wildman–Crippen LogP) is 1.71. The van der Waals surface area contributed by atoms with Gasteiger partial charge in [0.15, 0.2) is 11.5 Å². The van der Waals surface area contributed by atoms with Crippen molar-refractivity contribution in [2.75, 3.05) is 26.3 Å². The molecule has 3 rings (SSSR count). The number of hydrogen-bond donors (Lipinski definition) is 2. The number of nitrogens with zero attached hydrogens (tertiary/aromatic N) is 1. The molecule has 0 radical (unpaired) electrons. The molecule has 1 amide bonds. The molecule has 3 N–H and O–H groups in total. The summed E-state index contributed by atoms with van der Waals surface area (Å²) in [7, 11) is 0. The summed E-state index contributed by atoms with van der Waals surface area (Å²) in [6.45, 7) is -2.27. The molecule has 1 unspecified atom stereocenters. The van der Waals surface area contributed by atoms with Crippen LogP contribution in [0.2, 0.25) is 0 Å². The van der Waals surface area contributed by atoms with E-state index in [0.717, 1.165) is 18.4 Å². The summed E-state index contributed by atoms with van der Waals surface area (Å²) in [5, 5.41) is 9.53. The van der Waals surface area contributed by atoms with Crippen LogP contribution in [0.5, 0.6) is 11.5 Å². The van der Waals surface area contributed by atoms with Crippen LogP contribution in [0.25, 0.3) is 0 Å². The quantitative estimate of drug-likeness (QED) is 0.728. The van der Waals surface area contributed by atoms with Gasteiger partial charge in [0.1, 0.15) is 0 Å². The van der Waals surface area contributed by atoms with Crippen molar-refractivity contribution in [3.63, 3.8) is 0 Å². The van der Waals surface area contributed by atoms with Gasteiger partial charge < -0.3 is 25.2 Å². The molecule has 144 valence electrons. The van der Waals surface area contributed by atoms with Crippen LogP contribution >= 0.6 is 0 Å². The van der Waals surface area contributed by atoms with Crippen LogP contribution in [-0.2, 0) is 4.79 Å². The topological polar surface area (TPSA) is 85.0 Å². The molecule has 2 aliphatic rings. The van der Waals surface area contributed by atoms with Crippen molar-refractivity contribution in [2.45, 2.75) is 37.8 Å². The van der Waals surface area contributed by atoms with E-state index in [1.165, 1.54) is 6.07 Å². The van der Waals surface area contributed by atoms with Crippen LogP contribution in [0.1, 0.15) is 30.7 Å². The number of carbonyl (C=O) groups excluding carboxylic acids is 1. The second-order valence-electron chi connectivity index (χ2n) is 6.86. The number of aliphatic hydroxyl groups is 1. The largest absolute Gasteiger partial charge is 0.489 e. The lowest BCUT2D eigenvalue weighted by Crippen LogP contribution is -2.41. The molecule has 1 saturated carbocycles. The lowest BCUT2D eigenvalue weighted by Gasteiger charge is -2.22. The summed E-state index contributed by atoms with van der Waals surface area (Å²) in [5.41, 5.74) is 6.30. The normalized spacial score (nSPS) is 22.7. The van der Waals surface area contributed by atoms with Gasteiger partial charge in [0.2, 0.25) is 5.91 Å². The summed E-state index contributed by atoms with van der Waals surface area (Å²) in [4.78, 5) is 13.5. The standard InChI is InChI=1S/C18H24F2N2O4/c19-18(20)26-15-4-3-12(6-16(15)25-10-11-1-2-11)13-5-14(9-23)22(8-13)17(24)7-21/h3-4,6,11,13-14,18,23H,1-2,5,7-10,21H2/t13?,14-/m0/s1. The zero-order chi connectivity index (χ0) is 18.7. The highest BCUT2D eigenvalue weighted by atomic mass is 19.3. The van der Waals surface area contributed by atoms with E-state index < -0.39 is 6.61 Å². The van der Waals surface area contributed by atoms with Gasteiger partial charge >= 0.3 is 6.61 Å². The zero-order valence-electron chi connectivity index (χ0n) is 14.4. The first-order chi connectivity index (χ1) is 12.5. The van der Waals surface area contributed by atoms with Gasteiger partial charge in [-0.3, -0.25) is 4.79 Å². The van der Waals surface area contributed by atoms with E-state index in [4.69, 9.17) is 10.5 Å². The molecule has 1 aromatic rings. The molecule has 2 atom stereocenters. The molecule has 1 aliphatic carbocycles. The highest BCUT2D eigenvalue weighted by molar-refractivity contribution is 5.78. The molecule has 6 nitrogen and oxygen atoms in total. The smallest absolute Gasteiger partial charge is 0.387 e. The van der Waals surface area contributed by atoms with E-state index >= 15 is 0 Å². The Kier molecular flexibility index (Phi) is 5.93. The highest BCUT2D eigenvalue weighted by Crippen LogP contribution is 2.38. The summed E-state index contributed by atoms with van der Waals surface area (Å²) >= 11 is 0. The fraction of sp³-hybridized carbons (Fsp3) is 0.611. The van der Waals surface area contributed by atoms with Crippen LogP contribution in [0.3, 0.4) is 0 Å². The summed E-state index contributed by atoms with van der Waals surface area (Å²) in [6, 6.07) is 4.60. The van der Waals surface area contributed by atoms with E-state index in [2.05, 4.69) is 4.74 Å². The minimum Gasteiger partial charge on any atom is -0.489 e. The lowest BCUT2D eigenvalue weighted by atomic mass is 9.96. The number of hydrogen-bond acceptors (Lipinski definition) is 5. The highest BCUT2D eigenvalue weighted by Gasteiger charge is 2.35. The van der Waals surface area contributed by atoms with Gasteiger partial charge in [-0.05, 0) is 42.9 Å². The number of rotatable bonds is 8. The molecule has 8 heteroatoms. The Labute approximate surface area is 150 Å². The average Bonchev–Trinajstić information content (AvgIpc) is 3.36. The molecule has 0 spiro atoms. The summed E-state index contributed by atoms with van der Waals surface area (Å²) < 4.78 is 35.5. The number of benzene rings is 1. The fourth-order valence-corrected chi connectivity index (χ4v) is 3.33. The number of carbonyl (C=O) groups is 1. The molecule has 0 aromatic heterocycles. The van der Waals surface area contributed by atoms with Gasteiger partial charge in [-0.25, -0.2) is 0 Å². The monoisotopic (exact) mass is 370 g/mol. The molecule has 26 heavy (non-hydrogen) atoms. The maximum atomic E-state index is 12.6. The molecule has 2 fully saturated rings. The molecule has 1 saturated heterocycles. The number of nitrogens with two attached hydrogens (primary N) is 1. The van der Waals surface area contributed by atoms with Gasteiger partial charge in [-0.15, -0.1) is 0 Å². The molecule has 1 aromatic carbocycles. The van der Waals surface area contributed by atoms with Gasteiger partial charge in [-0.2, -0.15) is 8.78 Å². The van der Waals surface area contributed by atoms with Crippen molar-refractivity contribution in [2.24, 2.45) is 11.7 Å². The van der Waals surface area contributed by atoms with E-state index in [9.17, 15) is 18.7 Å². The molecular weight excluding hydrogens is 346 g/mol. The number of aliphatic hydroxyl groups excluding tert-OH is 1. The van der Waals surface area contributed by atoms with Gasteiger partial charge in [0.05, 0.1) is 25.8 Å². The van der Waals surface area contributed by atoms with Crippen molar-refractivity contribution < 1.29 is 28.2 Å². The van der Waals surface area contributed by atoms with Crippen LogP contribution in [0, 0.1) is 5.92 Å². The van der Waals surface area contributed by atoms with Crippen LogP contribution < -0.4 is 15.2 Å². The summed E-state index contributed by atoms with van der Waals surface area (Å²) in [5.74, 6) is 0.539. The molecule has 1 aliphatic heterocycles. The fourth-order valence-electron chi connectivity index (χ4n) is 3.33. The van der Waals surface area contributed by atoms with Crippen molar-refractivity contribution in [1.82, 2.24) is 4.90 Å². The zero-order valence-corrected chi connectivity index (χ0v) is 14.4. The lowest BCUT2D eigenvalue weighted by molar-refractivity contribution is -0.131. The Balaban J connectivity index is 1.78. The maximum absolute atomic E-state index is 12.6. The number of alkyl halides is 2.